The van der Waals surface area contributed by atoms with E-state index in [9.17, 15) is 13.2 Å². The number of benzene rings is 1. The Hall–Kier alpha value is -1.48. The molecule has 1 aliphatic heterocycles. The van der Waals surface area contributed by atoms with Gasteiger partial charge in [0, 0.05) is 38.3 Å². The van der Waals surface area contributed by atoms with Crippen LogP contribution in [0.15, 0.2) is 29.2 Å². The molecule has 140 valence electrons. The standard InChI is InChI=1S/C17H27N3O4S/c1-3-10-20(15-7-8-18-13-15)17(21)14-5-4-6-16(12-14)25(22,23)19-9-11-24-2/h4-6,12,15,18-19H,3,7-11,13H2,1-2H3. The van der Waals surface area contributed by atoms with Crippen molar-refractivity contribution in [3.63, 3.8) is 0 Å². The molecule has 1 atom stereocenters. The molecule has 25 heavy (non-hydrogen) atoms. The average molecular weight is 369 g/mol. The summed E-state index contributed by atoms with van der Waals surface area (Å²) in [6.45, 7) is 4.85. The van der Waals surface area contributed by atoms with Crippen molar-refractivity contribution >= 4 is 15.9 Å². The van der Waals surface area contributed by atoms with Crippen molar-refractivity contribution in [2.75, 3.05) is 39.9 Å². The van der Waals surface area contributed by atoms with Crippen molar-refractivity contribution in [3.05, 3.63) is 29.8 Å². The Labute approximate surface area is 149 Å². The van der Waals surface area contributed by atoms with Crippen molar-refractivity contribution in [1.29, 1.82) is 0 Å². The molecule has 1 saturated heterocycles. The first-order valence-electron chi connectivity index (χ1n) is 8.60. The molecule has 1 amide bonds. The fourth-order valence-electron chi connectivity index (χ4n) is 2.92. The number of methoxy groups -OCH3 is 1. The van der Waals surface area contributed by atoms with Gasteiger partial charge >= 0.3 is 0 Å². The normalized spacial score (nSPS) is 17.6. The first-order chi connectivity index (χ1) is 12.0. The Morgan fingerprint density at radius 3 is 2.88 bits per heavy atom. The van der Waals surface area contributed by atoms with Gasteiger partial charge in [-0.25, -0.2) is 13.1 Å². The van der Waals surface area contributed by atoms with Gasteiger partial charge in [0.2, 0.25) is 10.0 Å². The lowest BCUT2D eigenvalue weighted by atomic mass is 10.1. The molecule has 2 rings (SSSR count). The van der Waals surface area contributed by atoms with E-state index in [4.69, 9.17) is 4.74 Å². The van der Waals surface area contributed by atoms with Gasteiger partial charge in [0.1, 0.15) is 0 Å². The first-order valence-corrected chi connectivity index (χ1v) is 10.1. The summed E-state index contributed by atoms with van der Waals surface area (Å²) in [6, 6.07) is 6.37. The van der Waals surface area contributed by atoms with E-state index in [1.807, 2.05) is 11.8 Å². The van der Waals surface area contributed by atoms with E-state index in [2.05, 4.69) is 10.0 Å². The van der Waals surface area contributed by atoms with Crippen molar-refractivity contribution < 1.29 is 17.9 Å². The minimum absolute atomic E-state index is 0.0930. The fraction of sp³-hybridized carbons (Fsp3) is 0.588. The molecular weight excluding hydrogens is 342 g/mol. The molecule has 0 saturated carbocycles. The summed E-state index contributed by atoms with van der Waals surface area (Å²) in [4.78, 5) is 14.9. The van der Waals surface area contributed by atoms with E-state index in [0.717, 1.165) is 25.9 Å². The van der Waals surface area contributed by atoms with Crippen LogP contribution in [-0.2, 0) is 14.8 Å². The first kappa shape index (κ1) is 19.8. The predicted octanol–water partition coefficient (Wildman–Crippen LogP) is 0.825. The number of nitrogens with zero attached hydrogens (tertiary/aromatic N) is 1. The minimum Gasteiger partial charge on any atom is -0.383 e. The average Bonchev–Trinajstić information content (AvgIpc) is 3.13. The van der Waals surface area contributed by atoms with Crippen LogP contribution >= 0.6 is 0 Å². The SMILES string of the molecule is CCCN(C(=O)c1cccc(S(=O)(=O)NCCOC)c1)C1CCNC1. The van der Waals surface area contributed by atoms with E-state index in [1.165, 1.54) is 19.2 Å². The van der Waals surface area contributed by atoms with Gasteiger partial charge in [0.25, 0.3) is 5.91 Å². The highest BCUT2D eigenvalue weighted by molar-refractivity contribution is 7.89. The number of amides is 1. The molecule has 1 aliphatic rings. The number of carbonyl (C=O) groups is 1. The quantitative estimate of drug-likeness (QED) is 0.630. The van der Waals surface area contributed by atoms with Crippen LogP contribution in [0.2, 0.25) is 0 Å². The molecule has 0 bridgehead atoms. The summed E-state index contributed by atoms with van der Waals surface area (Å²) in [5.41, 5.74) is 0.398. The molecular formula is C17H27N3O4S. The summed E-state index contributed by atoms with van der Waals surface area (Å²) < 4.78 is 32.0. The summed E-state index contributed by atoms with van der Waals surface area (Å²) in [6.07, 6.45) is 1.78. The topological polar surface area (TPSA) is 87.7 Å². The summed E-state index contributed by atoms with van der Waals surface area (Å²) in [5.74, 6) is -0.121. The second kappa shape index (κ2) is 9.28. The number of hydrogen-bond donors (Lipinski definition) is 2. The van der Waals surface area contributed by atoms with Gasteiger partial charge in [0.15, 0.2) is 0 Å². The van der Waals surface area contributed by atoms with Crippen LogP contribution in [-0.4, -0.2) is 65.2 Å². The zero-order chi connectivity index (χ0) is 18.3. The number of sulfonamides is 1. The lowest BCUT2D eigenvalue weighted by molar-refractivity contribution is 0.0692. The Bertz CT molecular complexity index is 672. The van der Waals surface area contributed by atoms with Crippen LogP contribution in [0.3, 0.4) is 0 Å². The Morgan fingerprint density at radius 2 is 2.24 bits per heavy atom. The highest BCUT2D eigenvalue weighted by atomic mass is 32.2. The largest absolute Gasteiger partial charge is 0.383 e. The van der Waals surface area contributed by atoms with Crippen LogP contribution in [0.1, 0.15) is 30.1 Å². The van der Waals surface area contributed by atoms with Crippen LogP contribution in [0.25, 0.3) is 0 Å². The Balaban J connectivity index is 2.19. The molecule has 1 aromatic carbocycles. The van der Waals surface area contributed by atoms with Gasteiger partial charge < -0.3 is 15.0 Å². The maximum absolute atomic E-state index is 12.9. The highest BCUT2D eigenvalue weighted by Gasteiger charge is 2.27. The summed E-state index contributed by atoms with van der Waals surface area (Å²) in [7, 11) is -2.15. The zero-order valence-corrected chi connectivity index (χ0v) is 15.6. The van der Waals surface area contributed by atoms with E-state index >= 15 is 0 Å². The van der Waals surface area contributed by atoms with Gasteiger partial charge in [-0.15, -0.1) is 0 Å². The predicted molar refractivity (Wildman–Crippen MR) is 96.1 cm³/mol. The number of ether oxygens (including phenoxy) is 1. The fourth-order valence-corrected chi connectivity index (χ4v) is 3.98. The van der Waals surface area contributed by atoms with Crippen LogP contribution in [0.5, 0.6) is 0 Å². The van der Waals surface area contributed by atoms with E-state index in [0.29, 0.717) is 12.1 Å². The molecule has 0 aliphatic carbocycles. The van der Waals surface area contributed by atoms with Gasteiger partial charge in [-0.2, -0.15) is 0 Å². The van der Waals surface area contributed by atoms with Crippen molar-refractivity contribution in [2.45, 2.75) is 30.7 Å². The van der Waals surface area contributed by atoms with Gasteiger partial charge in [-0.3, -0.25) is 4.79 Å². The molecule has 8 heteroatoms. The smallest absolute Gasteiger partial charge is 0.254 e. The Kier molecular flexibility index (Phi) is 7.37. The monoisotopic (exact) mass is 369 g/mol. The number of nitrogens with one attached hydrogen (secondary N) is 2. The third kappa shape index (κ3) is 5.24. The molecule has 0 aromatic heterocycles. The molecule has 1 fully saturated rings. The second-order valence-electron chi connectivity index (χ2n) is 6.06. The molecule has 1 aromatic rings. The van der Waals surface area contributed by atoms with E-state index in [1.54, 1.807) is 12.1 Å². The van der Waals surface area contributed by atoms with Gasteiger partial charge in [-0.1, -0.05) is 13.0 Å². The van der Waals surface area contributed by atoms with Gasteiger partial charge in [-0.05, 0) is 37.6 Å². The summed E-state index contributed by atoms with van der Waals surface area (Å²) in [5, 5.41) is 3.27. The molecule has 1 heterocycles. The number of carbonyl (C=O) groups excluding carboxylic acids is 1. The molecule has 2 N–H and O–H groups in total. The maximum Gasteiger partial charge on any atom is 0.254 e. The van der Waals surface area contributed by atoms with Crippen molar-refractivity contribution in [1.82, 2.24) is 14.9 Å². The lowest BCUT2D eigenvalue weighted by Crippen LogP contribution is -2.42. The second-order valence-corrected chi connectivity index (χ2v) is 7.83. The van der Waals surface area contributed by atoms with Crippen molar-refractivity contribution in [2.24, 2.45) is 0 Å². The number of rotatable bonds is 9. The maximum atomic E-state index is 12.9. The highest BCUT2D eigenvalue weighted by Crippen LogP contribution is 2.17. The van der Waals surface area contributed by atoms with Crippen LogP contribution in [0, 0.1) is 0 Å². The van der Waals surface area contributed by atoms with Gasteiger partial charge in [0.05, 0.1) is 11.5 Å². The molecule has 7 nitrogen and oxygen atoms in total. The zero-order valence-electron chi connectivity index (χ0n) is 14.8. The van der Waals surface area contributed by atoms with Crippen LogP contribution in [0.4, 0.5) is 0 Å². The number of hydrogen-bond acceptors (Lipinski definition) is 5. The van der Waals surface area contributed by atoms with Crippen molar-refractivity contribution in [3.8, 4) is 0 Å². The third-order valence-electron chi connectivity index (χ3n) is 4.19. The molecule has 0 spiro atoms. The van der Waals surface area contributed by atoms with E-state index in [-0.39, 0.29) is 30.0 Å². The molecule has 1 unspecified atom stereocenters. The third-order valence-corrected chi connectivity index (χ3v) is 5.65. The summed E-state index contributed by atoms with van der Waals surface area (Å²) >= 11 is 0. The van der Waals surface area contributed by atoms with Crippen LogP contribution < -0.4 is 10.0 Å². The lowest BCUT2D eigenvalue weighted by Gasteiger charge is -2.28. The minimum atomic E-state index is -3.66. The molecule has 0 radical (unpaired) electrons. The Morgan fingerprint density at radius 1 is 1.44 bits per heavy atom. The van der Waals surface area contributed by atoms with E-state index < -0.39 is 10.0 Å².